The van der Waals surface area contributed by atoms with E-state index in [2.05, 4.69) is 10.6 Å². The lowest BCUT2D eigenvalue weighted by Gasteiger charge is -2.35. The van der Waals surface area contributed by atoms with Crippen molar-refractivity contribution in [1.29, 1.82) is 0 Å². The van der Waals surface area contributed by atoms with Gasteiger partial charge in [-0.05, 0) is 48.5 Å². The summed E-state index contributed by atoms with van der Waals surface area (Å²) < 4.78 is 0. The molecule has 0 bridgehead atoms. The number of Topliss-reactive ketones (excluding diaryl/α,β-unsaturated/α-hetero) is 2. The molecule has 0 rings (SSSR count). The summed E-state index contributed by atoms with van der Waals surface area (Å²) >= 11 is 0. The van der Waals surface area contributed by atoms with E-state index in [1.165, 1.54) is 0 Å². The monoisotopic (exact) mass is 298 g/mol. The molecule has 2 atom stereocenters. The van der Waals surface area contributed by atoms with Crippen molar-refractivity contribution in [2.24, 2.45) is 5.41 Å². The molecule has 4 heteroatoms. The number of ketones is 2. The van der Waals surface area contributed by atoms with Crippen LogP contribution >= 0.6 is 0 Å². The first-order chi connectivity index (χ1) is 9.08. The third-order valence-corrected chi connectivity index (χ3v) is 3.37. The molecule has 0 aliphatic carbocycles. The third-order valence-electron chi connectivity index (χ3n) is 3.37. The molecule has 0 aromatic carbocycles. The second kappa shape index (κ2) is 6.57. The fourth-order valence-electron chi connectivity index (χ4n) is 2.58. The van der Waals surface area contributed by atoms with Crippen molar-refractivity contribution in [1.82, 2.24) is 10.6 Å². The van der Waals surface area contributed by atoms with Gasteiger partial charge < -0.3 is 5.32 Å². The highest BCUT2D eigenvalue weighted by molar-refractivity contribution is 5.94. The van der Waals surface area contributed by atoms with Gasteiger partial charge in [-0.2, -0.15) is 0 Å². The van der Waals surface area contributed by atoms with Crippen LogP contribution < -0.4 is 10.6 Å². The van der Waals surface area contributed by atoms with E-state index in [1.54, 1.807) is 0 Å². The standard InChI is InChI=1S/C17H34N2O2/c1-11(13(20)15(3,4)5)19-17(9,10)14(21)12(2)18-16(6,7)8/h11-12,18-19H,1-10H3. The number of carbonyl (C=O) groups excluding carboxylic acids is 2. The normalized spacial score (nSPS) is 16.5. The molecule has 0 spiro atoms. The van der Waals surface area contributed by atoms with Gasteiger partial charge in [0.1, 0.15) is 0 Å². The summed E-state index contributed by atoms with van der Waals surface area (Å²) in [7, 11) is 0. The summed E-state index contributed by atoms with van der Waals surface area (Å²) in [5.41, 5.74) is -1.29. The zero-order valence-corrected chi connectivity index (χ0v) is 15.5. The van der Waals surface area contributed by atoms with Gasteiger partial charge in [-0.25, -0.2) is 0 Å². The molecule has 0 saturated heterocycles. The molecule has 0 heterocycles. The second-order valence-corrected chi connectivity index (χ2v) is 8.59. The van der Waals surface area contributed by atoms with E-state index in [0.29, 0.717) is 0 Å². The van der Waals surface area contributed by atoms with Crippen LogP contribution in [-0.4, -0.2) is 34.7 Å². The Kier molecular flexibility index (Phi) is 6.34. The van der Waals surface area contributed by atoms with Gasteiger partial charge >= 0.3 is 0 Å². The summed E-state index contributed by atoms with van der Waals surface area (Å²) in [4.78, 5) is 24.9. The Hall–Kier alpha value is -0.740. The molecule has 2 N–H and O–H groups in total. The van der Waals surface area contributed by atoms with Crippen molar-refractivity contribution >= 4 is 11.6 Å². The summed E-state index contributed by atoms with van der Waals surface area (Å²) in [6.45, 7) is 19.1. The van der Waals surface area contributed by atoms with Crippen LogP contribution in [0.2, 0.25) is 0 Å². The minimum absolute atomic E-state index is 0.0611. The van der Waals surface area contributed by atoms with Crippen molar-refractivity contribution in [2.45, 2.75) is 92.4 Å². The molecule has 2 unspecified atom stereocenters. The Labute approximate surface area is 130 Å². The molecule has 0 amide bonds. The highest BCUT2D eigenvalue weighted by atomic mass is 16.1. The first-order valence-electron chi connectivity index (χ1n) is 7.72. The molecule has 0 aromatic rings. The van der Waals surface area contributed by atoms with Gasteiger partial charge in [-0.15, -0.1) is 0 Å². The summed E-state index contributed by atoms with van der Waals surface area (Å²) in [5.74, 6) is 0.172. The minimum atomic E-state index is -0.752. The van der Waals surface area contributed by atoms with Crippen molar-refractivity contribution < 1.29 is 9.59 Å². The Morgan fingerprint density at radius 3 is 1.43 bits per heavy atom. The maximum atomic E-state index is 12.6. The minimum Gasteiger partial charge on any atom is -0.303 e. The van der Waals surface area contributed by atoms with Crippen LogP contribution in [0.25, 0.3) is 0 Å². The Balaban J connectivity index is 4.90. The topological polar surface area (TPSA) is 58.2 Å². The molecular weight excluding hydrogens is 264 g/mol. The van der Waals surface area contributed by atoms with Crippen LogP contribution in [0.1, 0.15) is 69.2 Å². The number of nitrogens with one attached hydrogen (secondary N) is 2. The number of rotatable bonds is 6. The first-order valence-corrected chi connectivity index (χ1v) is 7.72. The van der Waals surface area contributed by atoms with Crippen LogP contribution in [0.5, 0.6) is 0 Å². The van der Waals surface area contributed by atoms with Gasteiger partial charge in [0.15, 0.2) is 11.6 Å². The molecule has 21 heavy (non-hydrogen) atoms. The van der Waals surface area contributed by atoms with Gasteiger partial charge in [0.25, 0.3) is 0 Å². The molecule has 0 aliphatic rings. The highest BCUT2D eigenvalue weighted by Gasteiger charge is 2.37. The predicted octanol–water partition coefficient (Wildman–Crippen LogP) is 2.70. The van der Waals surface area contributed by atoms with Gasteiger partial charge in [0.2, 0.25) is 0 Å². The molecule has 124 valence electrons. The van der Waals surface area contributed by atoms with Crippen LogP contribution in [-0.2, 0) is 9.59 Å². The number of hydrogen-bond donors (Lipinski definition) is 2. The SMILES string of the molecule is CC(NC(C)(C)C(=O)C(C)NC(C)(C)C)C(=O)C(C)(C)C. The lowest BCUT2D eigenvalue weighted by molar-refractivity contribution is -0.131. The van der Waals surface area contributed by atoms with Crippen molar-refractivity contribution in [2.75, 3.05) is 0 Å². The molecule has 0 saturated carbocycles. The molecule has 4 nitrogen and oxygen atoms in total. The fourth-order valence-corrected chi connectivity index (χ4v) is 2.58. The van der Waals surface area contributed by atoms with E-state index in [4.69, 9.17) is 0 Å². The van der Waals surface area contributed by atoms with Crippen LogP contribution in [0.15, 0.2) is 0 Å². The van der Waals surface area contributed by atoms with Crippen molar-refractivity contribution in [3.05, 3.63) is 0 Å². The Bertz CT molecular complexity index is 387. The summed E-state index contributed by atoms with van der Waals surface area (Å²) in [6, 6.07) is -0.629. The molecular formula is C17H34N2O2. The number of carbonyl (C=O) groups is 2. The predicted molar refractivity (Wildman–Crippen MR) is 88.5 cm³/mol. The fraction of sp³-hybridized carbons (Fsp3) is 0.882. The summed E-state index contributed by atoms with van der Waals surface area (Å²) in [5, 5.41) is 6.47. The van der Waals surface area contributed by atoms with Crippen LogP contribution in [0, 0.1) is 5.41 Å². The lowest BCUT2D eigenvalue weighted by Crippen LogP contribution is -2.60. The second-order valence-electron chi connectivity index (χ2n) is 8.59. The van der Waals surface area contributed by atoms with E-state index in [1.807, 2.05) is 69.2 Å². The zero-order valence-electron chi connectivity index (χ0n) is 15.5. The summed E-state index contributed by atoms with van der Waals surface area (Å²) in [6.07, 6.45) is 0. The van der Waals surface area contributed by atoms with Gasteiger partial charge in [-0.3, -0.25) is 14.9 Å². The average Bonchev–Trinajstić information content (AvgIpc) is 2.22. The molecule has 0 aliphatic heterocycles. The Morgan fingerprint density at radius 1 is 0.714 bits per heavy atom. The van der Waals surface area contributed by atoms with E-state index in [0.717, 1.165) is 0 Å². The smallest absolute Gasteiger partial charge is 0.168 e. The third kappa shape index (κ3) is 6.70. The maximum absolute atomic E-state index is 12.6. The lowest BCUT2D eigenvalue weighted by atomic mass is 9.85. The maximum Gasteiger partial charge on any atom is 0.168 e. The molecule has 0 aromatic heterocycles. The van der Waals surface area contributed by atoms with Gasteiger partial charge in [0.05, 0.1) is 17.6 Å². The van der Waals surface area contributed by atoms with Gasteiger partial charge in [-0.1, -0.05) is 20.8 Å². The van der Waals surface area contributed by atoms with Crippen molar-refractivity contribution in [3.63, 3.8) is 0 Å². The largest absolute Gasteiger partial charge is 0.303 e. The van der Waals surface area contributed by atoms with Gasteiger partial charge in [0, 0.05) is 11.0 Å². The van der Waals surface area contributed by atoms with Crippen LogP contribution in [0.4, 0.5) is 0 Å². The molecule has 0 fully saturated rings. The van der Waals surface area contributed by atoms with E-state index < -0.39 is 11.0 Å². The average molecular weight is 298 g/mol. The Morgan fingerprint density at radius 2 is 1.10 bits per heavy atom. The number of hydrogen-bond acceptors (Lipinski definition) is 4. The first kappa shape index (κ1) is 20.3. The quantitative estimate of drug-likeness (QED) is 0.791. The van der Waals surface area contributed by atoms with E-state index in [-0.39, 0.29) is 29.2 Å². The van der Waals surface area contributed by atoms with Crippen molar-refractivity contribution in [3.8, 4) is 0 Å². The zero-order chi connectivity index (χ0) is 17.2. The van der Waals surface area contributed by atoms with Crippen LogP contribution in [0.3, 0.4) is 0 Å². The van der Waals surface area contributed by atoms with E-state index >= 15 is 0 Å². The highest BCUT2D eigenvalue weighted by Crippen LogP contribution is 2.19. The molecule has 0 radical (unpaired) electrons. The van der Waals surface area contributed by atoms with E-state index in [9.17, 15) is 9.59 Å².